The second-order valence-corrected chi connectivity index (χ2v) is 3.33. The first-order chi connectivity index (χ1) is 6.61. The van der Waals surface area contributed by atoms with Gasteiger partial charge in [-0.2, -0.15) is 9.97 Å². The van der Waals surface area contributed by atoms with E-state index >= 15 is 0 Å². The van der Waals surface area contributed by atoms with Crippen LogP contribution in [0, 0.1) is 6.92 Å². The summed E-state index contributed by atoms with van der Waals surface area (Å²) in [5.41, 5.74) is 5.41. The van der Waals surface area contributed by atoms with Crippen LogP contribution in [0.3, 0.4) is 0 Å². The van der Waals surface area contributed by atoms with Crippen LogP contribution in [0.25, 0.3) is 0 Å². The molecule has 0 saturated carbocycles. The molecule has 0 unspecified atom stereocenters. The first kappa shape index (κ1) is 10.7. The van der Waals surface area contributed by atoms with Crippen molar-refractivity contribution in [2.24, 2.45) is 0 Å². The van der Waals surface area contributed by atoms with Gasteiger partial charge in [-0.25, -0.2) is 4.98 Å². The van der Waals surface area contributed by atoms with Crippen molar-refractivity contribution in [3.05, 3.63) is 5.82 Å². The average Bonchev–Trinajstić information content (AvgIpc) is 2.12. The van der Waals surface area contributed by atoms with Gasteiger partial charge < -0.3 is 10.5 Å². The van der Waals surface area contributed by atoms with Crippen LogP contribution in [0.5, 0.6) is 0 Å². The summed E-state index contributed by atoms with van der Waals surface area (Å²) in [6.45, 7) is 1.71. The Morgan fingerprint density at radius 3 is 2.79 bits per heavy atom. The normalized spacial score (nSPS) is 9.86. The Morgan fingerprint density at radius 1 is 1.50 bits per heavy atom. The fourth-order valence-electron chi connectivity index (χ4n) is 0.724. The predicted octanol–water partition coefficient (Wildman–Crippen LogP) is 0.0273. The van der Waals surface area contributed by atoms with Crippen molar-refractivity contribution < 1.29 is 9.53 Å². The van der Waals surface area contributed by atoms with Gasteiger partial charge in [-0.15, -0.1) is 0 Å². The van der Waals surface area contributed by atoms with Gasteiger partial charge in [0.15, 0.2) is 5.16 Å². The van der Waals surface area contributed by atoms with Crippen LogP contribution in [-0.2, 0) is 9.53 Å². The third-order valence-corrected chi connectivity index (χ3v) is 2.11. The standard InChI is InChI=1S/C7H10N4O2S/c1-4-9-6(8)11-7(10-4)14-3-5(12)13-2/h3H2,1-2H3,(H2,8,9,10,11). The van der Waals surface area contributed by atoms with Crippen LogP contribution in [0.4, 0.5) is 5.95 Å². The number of aromatic nitrogens is 3. The number of aryl methyl sites for hydroxylation is 1. The third kappa shape index (κ3) is 3.17. The number of carbonyl (C=O) groups is 1. The minimum Gasteiger partial charge on any atom is -0.468 e. The van der Waals surface area contributed by atoms with E-state index in [1.807, 2.05) is 0 Å². The summed E-state index contributed by atoms with van der Waals surface area (Å²) in [7, 11) is 1.33. The van der Waals surface area contributed by atoms with E-state index in [4.69, 9.17) is 5.73 Å². The van der Waals surface area contributed by atoms with Crippen LogP contribution in [-0.4, -0.2) is 33.8 Å². The Hall–Kier alpha value is -1.37. The zero-order valence-electron chi connectivity index (χ0n) is 7.85. The van der Waals surface area contributed by atoms with Crippen molar-refractivity contribution in [3.8, 4) is 0 Å². The average molecular weight is 214 g/mol. The second kappa shape index (κ2) is 4.75. The Labute approximate surface area is 85.3 Å². The van der Waals surface area contributed by atoms with Gasteiger partial charge >= 0.3 is 5.97 Å². The second-order valence-electron chi connectivity index (χ2n) is 2.39. The maximum Gasteiger partial charge on any atom is 0.316 e. The molecule has 1 rings (SSSR count). The van der Waals surface area contributed by atoms with Gasteiger partial charge in [0.1, 0.15) is 5.82 Å². The maximum atomic E-state index is 10.8. The summed E-state index contributed by atoms with van der Waals surface area (Å²) in [4.78, 5) is 22.5. The summed E-state index contributed by atoms with van der Waals surface area (Å²) in [5, 5.41) is 0.431. The van der Waals surface area contributed by atoms with Gasteiger partial charge in [0.25, 0.3) is 0 Å². The lowest BCUT2D eigenvalue weighted by Gasteiger charge is -2.00. The van der Waals surface area contributed by atoms with E-state index in [1.54, 1.807) is 6.92 Å². The number of nitrogens with zero attached hydrogens (tertiary/aromatic N) is 3. The Kier molecular flexibility index (Phi) is 3.63. The smallest absolute Gasteiger partial charge is 0.316 e. The number of thioether (sulfide) groups is 1. The van der Waals surface area contributed by atoms with Crippen molar-refractivity contribution in [3.63, 3.8) is 0 Å². The van der Waals surface area contributed by atoms with E-state index in [0.29, 0.717) is 11.0 Å². The predicted molar refractivity (Wildman–Crippen MR) is 51.7 cm³/mol. The monoisotopic (exact) mass is 214 g/mol. The van der Waals surface area contributed by atoms with Crippen molar-refractivity contribution >= 4 is 23.7 Å². The van der Waals surface area contributed by atoms with Crippen LogP contribution in [0.2, 0.25) is 0 Å². The number of nitrogen functional groups attached to an aromatic ring is 1. The molecule has 0 spiro atoms. The first-order valence-electron chi connectivity index (χ1n) is 3.79. The third-order valence-electron chi connectivity index (χ3n) is 1.29. The Morgan fingerprint density at radius 2 is 2.21 bits per heavy atom. The zero-order valence-corrected chi connectivity index (χ0v) is 8.67. The molecule has 0 aliphatic carbocycles. The zero-order chi connectivity index (χ0) is 10.6. The van der Waals surface area contributed by atoms with Crippen LogP contribution in [0.15, 0.2) is 5.16 Å². The molecular weight excluding hydrogens is 204 g/mol. The fraction of sp³-hybridized carbons (Fsp3) is 0.429. The molecule has 1 aromatic heterocycles. The molecule has 0 aliphatic heterocycles. The van der Waals surface area contributed by atoms with Gasteiger partial charge in [0, 0.05) is 0 Å². The number of ether oxygens (including phenoxy) is 1. The van der Waals surface area contributed by atoms with Gasteiger partial charge in [0.05, 0.1) is 12.9 Å². The van der Waals surface area contributed by atoms with Crippen LogP contribution >= 0.6 is 11.8 Å². The summed E-state index contributed by atoms with van der Waals surface area (Å²) >= 11 is 1.16. The Balaban J connectivity index is 2.63. The lowest BCUT2D eigenvalue weighted by atomic mass is 10.7. The summed E-state index contributed by atoms with van der Waals surface area (Å²) < 4.78 is 4.47. The minimum absolute atomic E-state index is 0.157. The fourth-order valence-corrected chi connectivity index (χ4v) is 1.44. The molecule has 6 nitrogen and oxygen atoms in total. The highest BCUT2D eigenvalue weighted by Gasteiger charge is 2.05. The van der Waals surface area contributed by atoms with E-state index in [1.165, 1.54) is 7.11 Å². The summed E-state index contributed by atoms with van der Waals surface area (Å²) in [5.74, 6) is 0.528. The summed E-state index contributed by atoms with van der Waals surface area (Å²) in [6.07, 6.45) is 0. The van der Waals surface area contributed by atoms with E-state index in [0.717, 1.165) is 11.8 Å². The molecule has 0 atom stereocenters. The van der Waals surface area contributed by atoms with Gasteiger partial charge in [-0.05, 0) is 6.92 Å². The molecule has 0 amide bonds. The highest BCUT2D eigenvalue weighted by Crippen LogP contribution is 2.13. The van der Waals surface area contributed by atoms with Crippen molar-refractivity contribution in [1.82, 2.24) is 15.0 Å². The molecule has 0 aliphatic rings. The molecule has 0 bridgehead atoms. The van der Waals surface area contributed by atoms with Crippen molar-refractivity contribution in [1.29, 1.82) is 0 Å². The molecule has 2 N–H and O–H groups in total. The maximum absolute atomic E-state index is 10.8. The molecular formula is C7H10N4O2S. The van der Waals surface area contributed by atoms with Gasteiger partial charge in [-0.1, -0.05) is 11.8 Å². The van der Waals surface area contributed by atoms with Gasteiger partial charge in [0.2, 0.25) is 5.95 Å². The lowest BCUT2D eigenvalue weighted by molar-refractivity contribution is -0.137. The van der Waals surface area contributed by atoms with E-state index in [2.05, 4.69) is 19.7 Å². The number of methoxy groups -OCH3 is 1. The highest BCUT2D eigenvalue weighted by molar-refractivity contribution is 7.99. The molecule has 0 fully saturated rings. The lowest BCUT2D eigenvalue weighted by Crippen LogP contribution is -2.06. The van der Waals surface area contributed by atoms with Crippen LogP contribution < -0.4 is 5.73 Å². The minimum atomic E-state index is -0.327. The van der Waals surface area contributed by atoms with Crippen molar-refractivity contribution in [2.75, 3.05) is 18.6 Å². The Bertz CT molecular complexity index is 324. The number of anilines is 1. The summed E-state index contributed by atoms with van der Waals surface area (Å²) in [6, 6.07) is 0. The molecule has 14 heavy (non-hydrogen) atoms. The van der Waals surface area contributed by atoms with Crippen molar-refractivity contribution in [2.45, 2.75) is 12.1 Å². The SMILES string of the molecule is COC(=O)CSc1nc(C)nc(N)n1. The first-order valence-corrected chi connectivity index (χ1v) is 4.78. The number of carbonyl (C=O) groups excluding carboxylic acids is 1. The quantitative estimate of drug-likeness (QED) is 0.560. The molecule has 0 radical (unpaired) electrons. The molecule has 0 aromatic carbocycles. The van der Waals surface area contributed by atoms with E-state index in [-0.39, 0.29) is 17.7 Å². The molecule has 76 valence electrons. The number of hydrogen-bond acceptors (Lipinski definition) is 7. The number of esters is 1. The number of hydrogen-bond donors (Lipinski definition) is 1. The topological polar surface area (TPSA) is 91.0 Å². The van der Waals surface area contributed by atoms with Gasteiger partial charge in [-0.3, -0.25) is 4.79 Å². The number of rotatable bonds is 3. The van der Waals surface area contributed by atoms with E-state index < -0.39 is 0 Å². The van der Waals surface area contributed by atoms with E-state index in [9.17, 15) is 4.79 Å². The molecule has 0 saturated heterocycles. The van der Waals surface area contributed by atoms with Crippen LogP contribution in [0.1, 0.15) is 5.82 Å². The molecule has 7 heteroatoms. The largest absolute Gasteiger partial charge is 0.468 e. The molecule has 1 aromatic rings. The molecule has 1 heterocycles. The number of nitrogens with two attached hydrogens (primary N) is 1. The highest BCUT2D eigenvalue weighted by atomic mass is 32.2.